The second-order valence-corrected chi connectivity index (χ2v) is 23.6. The Bertz CT molecular complexity index is 2420. The SMILES string of the molecule is Cc1ccc(S(=O)(=O)OC[C@H]2O[C@@H]3O[C@H]4[C@H](O)[C@@H](O)[C@@H](O[C@H]5[C@H](O)[C@@H](O)[C@@H](O[C@H]6[C@H](O)[C@@H](O)[C@@H](O[C@H]7[C@H](O)[C@@H](O)[C@@H](O[C@@H]8[C@@H](O)[C@H](O)[C@H](O[C@H]9[C@H](O)[C@@H](O)[C@@H](O[C@H]2[C@H](O)[C@H]3O)O[C@H]9CO)O[C@@H]8CO)O[C@H]7CO)O[C@H]6CO)O[C@H]5CO)O[C@@H]4CO)cc1. The van der Waals surface area contributed by atoms with Gasteiger partial charge in [0.1, 0.15) is 171 Å². The molecule has 0 saturated carbocycles. The summed E-state index contributed by atoms with van der Waals surface area (Å²) in [5, 5.41) is 223. The third-order valence-electron chi connectivity index (χ3n) is 16.3. The van der Waals surface area contributed by atoms with Crippen molar-refractivity contribution >= 4 is 10.1 Å². The minimum atomic E-state index is -4.72. The molecule has 38 heteroatoms. The molecule has 500 valence electrons. The lowest BCUT2D eigenvalue weighted by Crippen LogP contribution is -2.68. The maximum atomic E-state index is 13.5. The highest BCUT2D eigenvalue weighted by Crippen LogP contribution is 2.39. The predicted molar refractivity (Wildman–Crippen MR) is 266 cm³/mol. The van der Waals surface area contributed by atoms with Crippen LogP contribution in [0.15, 0.2) is 29.2 Å². The number of hydrogen-bond acceptors (Lipinski definition) is 37. The summed E-state index contributed by atoms with van der Waals surface area (Å²) in [5.74, 6) is 0. The van der Waals surface area contributed by atoms with Gasteiger partial charge < -0.3 is 168 Å². The lowest BCUT2D eigenvalue weighted by atomic mass is 9.95. The van der Waals surface area contributed by atoms with E-state index in [-0.39, 0.29) is 4.90 Å². The molecule has 87 heavy (non-hydrogen) atoms. The minimum absolute atomic E-state index is 0.376. The van der Waals surface area contributed by atoms with Gasteiger partial charge in [-0.05, 0) is 19.1 Å². The molecule has 21 aliphatic rings. The normalized spacial score (nSPS) is 50.5. The summed E-state index contributed by atoms with van der Waals surface area (Å²) in [6, 6.07) is 5.26. The quantitative estimate of drug-likeness (QED) is 0.0967. The Labute approximate surface area is 492 Å². The number of rotatable bonds is 10. The highest BCUT2D eigenvalue weighted by molar-refractivity contribution is 7.86. The summed E-state index contributed by atoms with van der Waals surface area (Å²) in [4.78, 5) is -0.376. The fourth-order valence-corrected chi connectivity index (χ4v) is 12.3. The van der Waals surface area contributed by atoms with Gasteiger partial charge in [-0.25, -0.2) is 0 Å². The summed E-state index contributed by atoms with van der Waals surface area (Å²) < 4.78 is 113. The van der Waals surface area contributed by atoms with Crippen LogP contribution in [0, 0.1) is 6.92 Å². The molecule has 0 amide bonds. The van der Waals surface area contributed by atoms with Crippen molar-refractivity contribution < 1.29 is 181 Å². The Kier molecular flexibility index (Phi) is 23.0. The highest BCUT2D eigenvalue weighted by Gasteiger charge is 2.60. The molecule has 1 aromatic rings. The molecule has 21 fully saturated rings. The topological polar surface area (TPSA) is 577 Å². The van der Waals surface area contributed by atoms with Crippen molar-refractivity contribution in [1.82, 2.24) is 0 Å². The number of benzene rings is 1. The summed E-state index contributed by atoms with van der Waals surface area (Å²) in [5.41, 5.74) is 0.657. The number of aliphatic hydroxyl groups is 20. The van der Waals surface area contributed by atoms with Gasteiger partial charge in [-0.15, -0.1) is 0 Å². The summed E-state index contributed by atoms with van der Waals surface area (Å²) in [7, 11) is -4.72. The monoisotopic (exact) mass is 1290 g/mol. The fourth-order valence-electron chi connectivity index (χ4n) is 11.3. The van der Waals surface area contributed by atoms with Gasteiger partial charge in [0.05, 0.1) is 51.1 Å². The summed E-state index contributed by atoms with van der Waals surface area (Å²) in [6.45, 7) is -6.01. The molecule has 0 aromatic heterocycles. The van der Waals surface area contributed by atoms with E-state index in [9.17, 15) is 111 Å². The van der Waals surface area contributed by atoms with Crippen molar-refractivity contribution in [3.8, 4) is 0 Å². The molecule has 37 nitrogen and oxygen atoms in total. The Morgan fingerprint density at radius 2 is 0.483 bits per heavy atom. The summed E-state index contributed by atoms with van der Waals surface area (Å²) >= 11 is 0. The van der Waals surface area contributed by atoms with E-state index in [1.54, 1.807) is 6.92 Å². The Balaban J connectivity index is 1.02. The van der Waals surface area contributed by atoms with E-state index in [0.717, 1.165) is 0 Å². The van der Waals surface area contributed by atoms with E-state index < -0.39 is 271 Å². The van der Waals surface area contributed by atoms with Gasteiger partial charge in [-0.3, -0.25) is 4.18 Å². The Morgan fingerprint density at radius 1 is 0.299 bits per heavy atom. The number of aryl methyl sites for hydroxylation is 1. The minimum Gasteiger partial charge on any atom is -0.394 e. The van der Waals surface area contributed by atoms with Gasteiger partial charge in [0.25, 0.3) is 10.1 Å². The first-order valence-electron chi connectivity index (χ1n) is 27.6. The molecule has 0 radical (unpaired) electrons. The molecular formula is C49H76O37S. The highest BCUT2D eigenvalue weighted by atomic mass is 32.2. The van der Waals surface area contributed by atoms with Crippen molar-refractivity contribution in [1.29, 1.82) is 0 Å². The van der Waals surface area contributed by atoms with Crippen LogP contribution in [0.25, 0.3) is 0 Å². The van der Waals surface area contributed by atoms with Crippen LogP contribution in [-0.4, -0.2) is 372 Å². The first kappa shape index (κ1) is 69.1. The summed E-state index contributed by atoms with van der Waals surface area (Å²) in [6.07, 6.45) is -72.9. The van der Waals surface area contributed by atoms with Gasteiger partial charge in [-0.1, -0.05) is 17.7 Å². The van der Waals surface area contributed by atoms with E-state index in [2.05, 4.69) is 0 Å². The molecule has 21 aliphatic heterocycles. The Hall–Kier alpha value is -2.23. The molecule has 35 atom stereocenters. The smallest absolute Gasteiger partial charge is 0.297 e. The molecule has 0 aliphatic carbocycles. The molecule has 20 N–H and O–H groups in total. The van der Waals surface area contributed by atoms with Crippen molar-refractivity contribution in [3.63, 3.8) is 0 Å². The van der Waals surface area contributed by atoms with Crippen molar-refractivity contribution in [3.05, 3.63) is 29.8 Å². The zero-order valence-corrected chi connectivity index (χ0v) is 46.6. The van der Waals surface area contributed by atoms with Gasteiger partial charge in [0.2, 0.25) is 0 Å². The van der Waals surface area contributed by atoms with Crippen LogP contribution in [0.1, 0.15) is 5.56 Å². The molecular weight excluding hydrogens is 1210 g/mol. The molecule has 22 rings (SSSR count). The molecule has 0 spiro atoms. The molecule has 1 aromatic carbocycles. The molecule has 0 unspecified atom stereocenters. The lowest BCUT2D eigenvalue weighted by Gasteiger charge is -2.50. The van der Waals surface area contributed by atoms with Crippen LogP contribution in [0.2, 0.25) is 0 Å². The number of aliphatic hydroxyl groups excluding tert-OH is 20. The zero-order chi connectivity index (χ0) is 63.2. The first-order valence-corrected chi connectivity index (χ1v) is 29.0. The van der Waals surface area contributed by atoms with E-state index in [1.807, 2.05) is 0 Å². The van der Waals surface area contributed by atoms with Crippen LogP contribution in [0.5, 0.6) is 0 Å². The second-order valence-electron chi connectivity index (χ2n) is 22.0. The van der Waals surface area contributed by atoms with Crippen LogP contribution in [0.4, 0.5) is 0 Å². The average Bonchev–Trinajstić information content (AvgIpc) is 1.18. The maximum Gasteiger partial charge on any atom is 0.297 e. The Morgan fingerprint density at radius 3 is 0.678 bits per heavy atom. The van der Waals surface area contributed by atoms with Gasteiger partial charge >= 0.3 is 0 Å². The van der Waals surface area contributed by atoms with Crippen LogP contribution < -0.4 is 0 Å². The second kappa shape index (κ2) is 29.0. The fraction of sp³-hybridized carbons (Fsp3) is 0.878. The van der Waals surface area contributed by atoms with E-state index in [4.69, 9.17) is 70.5 Å². The lowest BCUT2D eigenvalue weighted by molar-refractivity contribution is -0.396. The standard InChI is InChI=1S/C49H76O37S/c1-13-2-4-14(5-3-13)87(70,71)72-12-21-42-28(62)35(69)49(79-21)85-41-20(11-55)77-47(33(67)26(41)60)83-39-18(9-53)75-45(31(65)24(39)58)81-37-16(7-51)73-43(29(63)22(37)56)80-36-15(6-50)74-44(30(64)23(36)57)82-38-17(8-52)76-46(32(66)25(38)59)84-40-19(10-54)78-48(86-42)34(68)27(40)61/h2-5,15-69H,6-12H2,1H3/t15-,16-,17+,18-,19-,20+,21+,22+,23+,24+,25-,26+,27+,28+,29+,30+,31+,32-,33+,34+,35+,36+,37+,38-,39+,40+,41+,42+,43+,44+,45+,46-,47+,48+,49+/m0/s1. The predicted octanol–water partition coefficient (Wildman–Crippen LogP) is -13.5. The largest absolute Gasteiger partial charge is 0.394 e. The molecule has 21 heterocycles. The number of ether oxygens (including phenoxy) is 14. The van der Waals surface area contributed by atoms with Crippen LogP contribution in [0.3, 0.4) is 0 Å². The van der Waals surface area contributed by atoms with E-state index >= 15 is 0 Å². The zero-order valence-electron chi connectivity index (χ0n) is 45.8. The van der Waals surface area contributed by atoms with Crippen molar-refractivity contribution in [2.24, 2.45) is 0 Å². The third kappa shape index (κ3) is 14.0. The van der Waals surface area contributed by atoms with Crippen molar-refractivity contribution in [2.75, 3.05) is 46.2 Å². The first-order chi connectivity index (χ1) is 41.3. The van der Waals surface area contributed by atoms with Crippen molar-refractivity contribution in [2.45, 2.75) is 227 Å². The third-order valence-corrected chi connectivity index (χ3v) is 17.6. The number of hydrogen-bond donors (Lipinski definition) is 20. The van der Waals surface area contributed by atoms with Gasteiger partial charge in [0, 0.05) is 0 Å². The van der Waals surface area contributed by atoms with Crippen LogP contribution in [-0.2, 0) is 80.6 Å². The molecule has 21 saturated heterocycles. The van der Waals surface area contributed by atoms with Crippen LogP contribution >= 0.6 is 0 Å². The van der Waals surface area contributed by atoms with Gasteiger partial charge in [0.15, 0.2) is 44.0 Å². The maximum absolute atomic E-state index is 13.5. The van der Waals surface area contributed by atoms with Gasteiger partial charge in [-0.2, -0.15) is 8.42 Å². The van der Waals surface area contributed by atoms with E-state index in [0.29, 0.717) is 5.56 Å². The van der Waals surface area contributed by atoms with E-state index in [1.165, 1.54) is 24.3 Å². The molecule has 14 bridgehead atoms. The average molecular weight is 1290 g/mol.